The highest BCUT2D eigenvalue weighted by Gasteiger charge is 2.33. The largest absolute Gasteiger partial charge is 0.480 e. The summed E-state index contributed by atoms with van der Waals surface area (Å²) in [7, 11) is 0. The summed E-state index contributed by atoms with van der Waals surface area (Å²) in [4.78, 5) is 11.0. The quantitative estimate of drug-likeness (QED) is 0.871. The van der Waals surface area contributed by atoms with Crippen molar-refractivity contribution < 1.29 is 9.90 Å². The molecule has 0 saturated heterocycles. The third-order valence-corrected chi connectivity index (χ3v) is 3.41. The Labute approximate surface area is 103 Å². The van der Waals surface area contributed by atoms with Gasteiger partial charge in [0.05, 0.1) is 5.92 Å². The number of rotatable bonds is 3. The van der Waals surface area contributed by atoms with Gasteiger partial charge in [-0.25, -0.2) is 9.48 Å². The minimum atomic E-state index is -0.934. The van der Waals surface area contributed by atoms with Gasteiger partial charge >= 0.3 is 5.97 Å². The van der Waals surface area contributed by atoms with Crippen molar-refractivity contribution in [3.8, 4) is 0 Å². The lowest BCUT2D eigenvalue weighted by Gasteiger charge is -2.29. The van der Waals surface area contributed by atoms with Gasteiger partial charge < -0.3 is 5.11 Å². The summed E-state index contributed by atoms with van der Waals surface area (Å²) in [5.41, 5.74) is 2.46. The predicted molar refractivity (Wildman–Crippen MR) is 62.2 cm³/mol. The first-order chi connectivity index (χ1) is 8.68. The molecule has 1 aliphatic carbocycles. The summed E-state index contributed by atoms with van der Waals surface area (Å²) >= 11 is 0. The fourth-order valence-corrected chi connectivity index (χ4v) is 2.30. The van der Waals surface area contributed by atoms with Crippen molar-refractivity contribution in [1.29, 1.82) is 0 Å². The molecule has 0 bridgehead atoms. The topological polar surface area (TPSA) is 80.9 Å². The van der Waals surface area contributed by atoms with E-state index in [9.17, 15) is 4.79 Å². The van der Waals surface area contributed by atoms with E-state index in [0.29, 0.717) is 5.82 Å². The molecule has 0 amide bonds. The highest BCUT2D eigenvalue weighted by molar-refractivity contribution is 5.71. The molecule has 0 saturated carbocycles. The Balaban J connectivity index is 1.97. The number of aliphatic carboxylic acids is 1. The van der Waals surface area contributed by atoms with Gasteiger partial charge in [-0.3, -0.25) is 0 Å². The zero-order chi connectivity index (χ0) is 12.7. The van der Waals surface area contributed by atoms with E-state index in [4.69, 9.17) is 5.11 Å². The third kappa shape index (κ3) is 1.49. The van der Waals surface area contributed by atoms with Gasteiger partial charge in [-0.15, -0.1) is 5.10 Å². The number of hydrogen-bond acceptors (Lipinski definition) is 4. The van der Waals surface area contributed by atoms with Crippen LogP contribution in [0.1, 0.15) is 35.8 Å². The average Bonchev–Trinajstić information content (AvgIpc) is 2.78. The molecule has 1 aromatic carbocycles. The molecule has 1 N–H and O–H groups in total. The summed E-state index contributed by atoms with van der Waals surface area (Å²) in [6.45, 7) is 1.58. The van der Waals surface area contributed by atoms with E-state index in [0.717, 1.165) is 6.42 Å². The second kappa shape index (κ2) is 3.90. The number of carboxylic acid groups (broad SMARTS) is 1. The number of carboxylic acids is 1. The number of tetrazole rings is 1. The summed E-state index contributed by atoms with van der Waals surface area (Å²) in [6, 6.07) is 7.33. The van der Waals surface area contributed by atoms with Crippen LogP contribution in [-0.4, -0.2) is 31.3 Å². The van der Waals surface area contributed by atoms with Crippen molar-refractivity contribution >= 4 is 5.97 Å². The molecule has 0 radical (unpaired) electrons. The van der Waals surface area contributed by atoms with Crippen LogP contribution < -0.4 is 0 Å². The fraction of sp³-hybridized carbons (Fsp3) is 0.333. The molecular weight excluding hydrogens is 232 g/mol. The van der Waals surface area contributed by atoms with Crippen molar-refractivity contribution in [3.63, 3.8) is 0 Å². The van der Waals surface area contributed by atoms with Crippen LogP contribution in [0.5, 0.6) is 0 Å². The van der Waals surface area contributed by atoms with Crippen LogP contribution >= 0.6 is 0 Å². The molecular formula is C12H12N4O2. The van der Waals surface area contributed by atoms with Crippen LogP contribution in [0.3, 0.4) is 0 Å². The Morgan fingerprint density at radius 1 is 1.50 bits per heavy atom. The first-order valence-corrected chi connectivity index (χ1v) is 5.77. The van der Waals surface area contributed by atoms with Crippen LogP contribution in [0.2, 0.25) is 0 Å². The zero-order valence-electron chi connectivity index (χ0n) is 9.82. The lowest BCUT2D eigenvalue weighted by molar-refractivity contribution is -0.140. The Bertz CT molecular complexity index is 608. The first kappa shape index (κ1) is 10.9. The molecule has 1 heterocycles. The minimum Gasteiger partial charge on any atom is -0.480 e. The maximum Gasteiger partial charge on any atom is 0.328 e. The van der Waals surface area contributed by atoms with Crippen molar-refractivity contribution in [2.45, 2.75) is 25.3 Å². The van der Waals surface area contributed by atoms with Crippen molar-refractivity contribution in [2.75, 3.05) is 0 Å². The van der Waals surface area contributed by atoms with Gasteiger partial charge in [0.25, 0.3) is 0 Å². The summed E-state index contributed by atoms with van der Waals surface area (Å²) in [5, 5.41) is 20.4. The molecule has 2 unspecified atom stereocenters. The monoisotopic (exact) mass is 244 g/mol. The van der Waals surface area contributed by atoms with E-state index < -0.39 is 12.0 Å². The minimum absolute atomic E-state index is 0.109. The second-order valence-corrected chi connectivity index (χ2v) is 4.45. The molecule has 2 atom stereocenters. The Morgan fingerprint density at radius 3 is 3.00 bits per heavy atom. The smallest absolute Gasteiger partial charge is 0.328 e. The number of nitrogens with zero attached hydrogens (tertiary/aromatic N) is 4. The zero-order valence-corrected chi connectivity index (χ0v) is 9.82. The molecule has 3 rings (SSSR count). The van der Waals surface area contributed by atoms with E-state index >= 15 is 0 Å². The Hall–Kier alpha value is -2.24. The number of aromatic nitrogens is 4. The molecule has 18 heavy (non-hydrogen) atoms. The summed E-state index contributed by atoms with van der Waals surface area (Å²) < 4.78 is 1.39. The molecule has 6 heteroatoms. The summed E-state index contributed by atoms with van der Waals surface area (Å²) in [6.07, 6.45) is 0.864. The lowest BCUT2D eigenvalue weighted by Crippen LogP contribution is -2.26. The van der Waals surface area contributed by atoms with Crippen LogP contribution in [0.4, 0.5) is 0 Å². The molecule has 0 fully saturated rings. The molecule has 0 aliphatic heterocycles. The standard InChI is InChI=1S/C12H12N4O2/c1-7(12(17)18)16-11(13-14-15-16)10-6-8-4-2-3-5-9(8)10/h2-5,7,10H,6H2,1H3,(H,17,18). The number of hydrogen-bond donors (Lipinski definition) is 1. The van der Waals surface area contributed by atoms with Gasteiger partial charge in [-0.1, -0.05) is 24.3 Å². The number of carbonyl (C=O) groups is 1. The summed E-state index contributed by atoms with van der Waals surface area (Å²) in [5.74, 6) is -0.197. The Kier molecular flexibility index (Phi) is 2.36. The Morgan fingerprint density at radius 2 is 2.28 bits per heavy atom. The normalized spacial score (nSPS) is 18.8. The molecule has 92 valence electrons. The van der Waals surface area contributed by atoms with Crippen molar-refractivity contribution in [3.05, 3.63) is 41.2 Å². The lowest BCUT2D eigenvalue weighted by atomic mass is 9.77. The molecule has 1 aliphatic rings. The fourth-order valence-electron chi connectivity index (χ4n) is 2.30. The first-order valence-electron chi connectivity index (χ1n) is 5.77. The van der Waals surface area contributed by atoms with Gasteiger partial charge in [0, 0.05) is 0 Å². The van der Waals surface area contributed by atoms with Gasteiger partial charge in [0.1, 0.15) is 6.04 Å². The van der Waals surface area contributed by atoms with Crippen LogP contribution in [0, 0.1) is 0 Å². The van der Waals surface area contributed by atoms with E-state index in [2.05, 4.69) is 21.6 Å². The number of fused-ring (bicyclic) bond motifs is 1. The maximum absolute atomic E-state index is 11.0. The number of benzene rings is 1. The van der Waals surface area contributed by atoms with Gasteiger partial charge in [-0.05, 0) is 34.9 Å². The van der Waals surface area contributed by atoms with Crippen molar-refractivity contribution in [1.82, 2.24) is 20.2 Å². The van der Waals surface area contributed by atoms with Gasteiger partial charge in [0.2, 0.25) is 0 Å². The van der Waals surface area contributed by atoms with Gasteiger partial charge in [0.15, 0.2) is 5.82 Å². The maximum atomic E-state index is 11.0. The van der Waals surface area contributed by atoms with E-state index in [1.54, 1.807) is 6.92 Å². The highest BCUT2D eigenvalue weighted by atomic mass is 16.4. The van der Waals surface area contributed by atoms with Crippen LogP contribution in [-0.2, 0) is 11.2 Å². The second-order valence-electron chi connectivity index (χ2n) is 4.45. The molecule has 2 aromatic rings. The average molecular weight is 244 g/mol. The SMILES string of the molecule is CC(C(=O)O)n1nnnc1C1Cc2ccccc21. The van der Waals surface area contributed by atoms with E-state index in [-0.39, 0.29) is 5.92 Å². The van der Waals surface area contributed by atoms with Gasteiger partial charge in [-0.2, -0.15) is 0 Å². The predicted octanol–water partition coefficient (Wildman–Crippen LogP) is 1.01. The van der Waals surface area contributed by atoms with E-state index in [1.165, 1.54) is 15.8 Å². The molecule has 0 spiro atoms. The third-order valence-electron chi connectivity index (χ3n) is 3.41. The van der Waals surface area contributed by atoms with Crippen LogP contribution in [0.25, 0.3) is 0 Å². The molecule has 6 nitrogen and oxygen atoms in total. The van der Waals surface area contributed by atoms with Crippen molar-refractivity contribution in [2.24, 2.45) is 0 Å². The van der Waals surface area contributed by atoms with E-state index in [1.807, 2.05) is 18.2 Å². The van der Waals surface area contributed by atoms with Crippen LogP contribution in [0.15, 0.2) is 24.3 Å². The highest BCUT2D eigenvalue weighted by Crippen LogP contribution is 2.39. The molecule has 1 aromatic heterocycles.